The van der Waals surface area contributed by atoms with Gasteiger partial charge >= 0.3 is 6.18 Å². The average molecular weight is 370 g/mol. The summed E-state index contributed by atoms with van der Waals surface area (Å²) in [6.07, 6.45) is 1.70. The van der Waals surface area contributed by atoms with Gasteiger partial charge in [0.1, 0.15) is 11.4 Å². The van der Waals surface area contributed by atoms with Crippen molar-refractivity contribution in [3.8, 4) is 28.1 Å². The predicted octanol–water partition coefficient (Wildman–Crippen LogP) is 4.49. The number of nitrogens with zero attached hydrogens (tertiary/aromatic N) is 4. The zero-order valence-corrected chi connectivity index (χ0v) is 14.1. The van der Waals surface area contributed by atoms with Gasteiger partial charge in [-0.15, -0.1) is 0 Å². The summed E-state index contributed by atoms with van der Waals surface area (Å²) in [6, 6.07) is 10.2. The summed E-state index contributed by atoms with van der Waals surface area (Å²) >= 11 is 0. The second kappa shape index (κ2) is 6.39. The molecule has 0 atom stereocenters. The molecule has 0 spiro atoms. The fraction of sp³-hybridized carbons (Fsp3) is 0.105. The Labute approximate surface area is 152 Å². The van der Waals surface area contributed by atoms with E-state index in [2.05, 4.69) is 15.0 Å². The molecular weight excluding hydrogens is 357 g/mol. The van der Waals surface area contributed by atoms with Crippen LogP contribution in [0.1, 0.15) is 5.69 Å². The molecule has 136 valence electrons. The molecule has 0 aliphatic heterocycles. The van der Waals surface area contributed by atoms with Gasteiger partial charge < -0.3 is 4.74 Å². The van der Waals surface area contributed by atoms with Crippen molar-refractivity contribution in [3.05, 3.63) is 66.9 Å². The molecule has 3 aromatic heterocycles. The van der Waals surface area contributed by atoms with Crippen LogP contribution in [0.5, 0.6) is 5.75 Å². The van der Waals surface area contributed by atoms with Crippen molar-refractivity contribution in [2.24, 2.45) is 0 Å². The van der Waals surface area contributed by atoms with Gasteiger partial charge in [0, 0.05) is 35.3 Å². The second-order valence-corrected chi connectivity index (χ2v) is 5.78. The van der Waals surface area contributed by atoms with Crippen molar-refractivity contribution in [1.82, 2.24) is 19.4 Å². The summed E-state index contributed by atoms with van der Waals surface area (Å²) in [4.78, 5) is 11.7. The van der Waals surface area contributed by atoms with E-state index < -0.39 is 11.9 Å². The third-order valence-electron chi connectivity index (χ3n) is 4.14. The van der Waals surface area contributed by atoms with Crippen LogP contribution in [0.15, 0.2) is 61.2 Å². The van der Waals surface area contributed by atoms with Crippen molar-refractivity contribution in [2.45, 2.75) is 6.18 Å². The second-order valence-electron chi connectivity index (χ2n) is 5.78. The molecular formula is C19H13F3N4O. The molecule has 3 heterocycles. The smallest absolute Gasteiger partial charge is 0.433 e. The van der Waals surface area contributed by atoms with Gasteiger partial charge in [-0.05, 0) is 30.3 Å². The quantitative estimate of drug-likeness (QED) is 0.533. The Morgan fingerprint density at radius 2 is 1.89 bits per heavy atom. The van der Waals surface area contributed by atoms with Crippen molar-refractivity contribution in [1.29, 1.82) is 0 Å². The van der Waals surface area contributed by atoms with E-state index in [0.717, 1.165) is 22.8 Å². The molecule has 27 heavy (non-hydrogen) atoms. The number of ether oxygens (including phenoxy) is 1. The number of aromatic nitrogens is 4. The van der Waals surface area contributed by atoms with Crippen molar-refractivity contribution >= 4 is 5.78 Å². The molecule has 1 aromatic carbocycles. The monoisotopic (exact) mass is 370 g/mol. The zero-order chi connectivity index (χ0) is 19.0. The molecule has 0 bridgehead atoms. The minimum atomic E-state index is -4.51. The van der Waals surface area contributed by atoms with Gasteiger partial charge in [0.05, 0.1) is 19.0 Å². The van der Waals surface area contributed by atoms with Gasteiger partial charge in [0.2, 0.25) is 5.78 Å². The topological polar surface area (TPSA) is 52.3 Å². The van der Waals surface area contributed by atoms with E-state index in [1.54, 1.807) is 25.6 Å². The number of pyridine rings is 1. The molecule has 4 rings (SSSR count). The maximum absolute atomic E-state index is 12.9. The number of hydrogen-bond donors (Lipinski definition) is 0. The van der Waals surface area contributed by atoms with E-state index in [4.69, 9.17) is 4.74 Å². The minimum Gasteiger partial charge on any atom is -0.496 e. The number of imidazole rings is 1. The first-order valence-electron chi connectivity index (χ1n) is 7.97. The van der Waals surface area contributed by atoms with Crippen LogP contribution >= 0.6 is 0 Å². The number of methoxy groups -OCH3 is 1. The molecule has 0 amide bonds. The zero-order valence-electron chi connectivity index (χ0n) is 14.1. The maximum atomic E-state index is 12.9. The van der Waals surface area contributed by atoms with Crippen LogP contribution in [0.4, 0.5) is 13.2 Å². The summed E-state index contributed by atoms with van der Waals surface area (Å²) < 4.78 is 45.5. The van der Waals surface area contributed by atoms with Crippen LogP contribution in [0.2, 0.25) is 0 Å². The molecule has 0 saturated carbocycles. The van der Waals surface area contributed by atoms with Crippen LogP contribution in [0.25, 0.3) is 28.2 Å². The van der Waals surface area contributed by atoms with Crippen LogP contribution in [-0.2, 0) is 6.18 Å². The van der Waals surface area contributed by atoms with Crippen molar-refractivity contribution < 1.29 is 17.9 Å². The predicted molar refractivity (Wildman–Crippen MR) is 93.2 cm³/mol. The maximum Gasteiger partial charge on any atom is 0.433 e. The van der Waals surface area contributed by atoms with Gasteiger partial charge in [-0.1, -0.05) is 6.07 Å². The molecule has 0 aliphatic rings. The SMILES string of the molecule is COc1ccc(-c2cnc3nc(C(F)(F)F)ccn23)cc1-c1cccnc1. The average Bonchev–Trinajstić information content (AvgIpc) is 3.11. The van der Waals surface area contributed by atoms with Gasteiger partial charge in [0.25, 0.3) is 0 Å². The highest BCUT2D eigenvalue weighted by atomic mass is 19.4. The molecule has 0 N–H and O–H groups in total. The van der Waals surface area contributed by atoms with Crippen LogP contribution in [-0.4, -0.2) is 26.5 Å². The van der Waals surface area contributed by atoms with E-state index in [1.165, 1.54) is 16.8 Å². The third kappa shape index (κ3) is 3.10. The van der Waals surface area contributed by atoms with E-state index in [1.807, 2.05) is 24.3 Å². The fourth-order valence-corrected chi connectivity index (χ4v) is 2.86. The number of halogens is 3. The minimum absolute atomic E-state index is 0.0152. The molecule has 0 aliphatic carbocycles. The van der Waals surface area contributed by atoms with E-state index in [-0.39, 0.29) is 5.78 Å². The summed E-state index contributed by atoms with van der Waals surface area (Å²) in [6.45, 7) is 0. The number of hydrogen-bond acceptors (Lipinski definition) is 4. The van der Waals surface area contributed by atoms with Crippen molar-refractivity contribution in [2.75, 3.05) is 7.11 Å². The number of rotatable bonds is 3. The van der Waals surface area contributed by atoms with Gasteiger partial charge in [-0.25, -0.2) is 9.97 Å². The Balaban J connectivity index is 1.84. The molecule has 4 aromatic rings. The fourth-order valence-electron chi connectivity index (χ4n) is 2.86. The van der Waals surface area contributed by atoms with Crippen LogP contribution in [0.3, 0.4) is 0 Å². The Hall–Kier alpha value is -3.42. The van der Waals surface area contributed by atoms with E-state index >= 15 is 0 Å². The molecule has 8 heteroatoms. The lowest BCUT2D eigenvalue weighted by Gasteiger charge is -2.11. The molecule has 5 nitrogen and oxygen atoms in total. The van der Waals surface area contributed by atoms with Gasteiger partial charge in [-0.3, -0.25) is 9.38 Å². The lowest BCUT2D eigenvalue weighted by Crippen LogP contribution is -2.09. The summed E-state index contributed by atoms with van der Waals surface area (Å²) in [5.41, 5.74) is 2.10. The van der Waals surface area contributed by atoms with Crippen LogP contribution < -0.4 is 4.74 Å². The highest BCUT2D eigenvalue weighted by Crippen LogP contribution is 2.34. The number of alkyl halides is 3. The standard InChI is InChI=1S/C19H13F3N4O/c1-27-16-5-4-12(9-14(16)13-3-2-7-23-10-13)15-11-24-18-25-17(19(20,21)22)6-8-26(15)18/h2-11H,1H3. The Bertz CT molecular complexity index is 1110. The summed E-state index contributed by atoms with van der Waals surface area (Å²) in [7, 11) is 1.58. The molecule has 0 radical (unpaired) electrons. The first-order valence-corrected chi connectivity index (χ1v) is 7.97. The number of benzene rings is 1. The highest BCUT2D eigenvalue weighted by Gasteiger charge is 2.33. The van der Waals surface area contributed by atoms with Gasteiger partial charge in [-0.2, -0.15) is 13.2 Å². The Morgan fingerprint density at radius 3 is 2.59 bits per heavy atom. The van der Waals surface area contributed by atoms with Crippen LogP contribution in [0, 0.1) is 0 Å². The molecule has 0 unspecified atom stereocenters. The Morgan fingerprint density at radius 1 is 1.04 bits per heavy atom. The molecule has 0 fully saturated rings. The lowest BCUT2D eigenvalue weighted by atomic mass is 10.0. The third-order valence-corrected chi connectivity index (χ3v) is 4.14. The van der Waals surface area contributed by atoms with Gasteiger partial charge in [0.15, 0.2) is 0 Å². The van der Waals surface area contributed by atoms with E-state index in [0.29, 0.717) is 11.4 Å². The normalized spacial score (nSPS) is 11.7. The first-order chi connectivity index (χ1) is 13.0. The largest absolute Gasteiger partial charge is 0.496 e. The highest BCUT2D eigenvalue weighted by molar-refractivity contribution is 5.76. The van der Waals surface area contributed by atoms with Crippen molar-refractivity contribution in [3.63, 3.8) is 0 Å². The lowest BCUT2D eigenvalue weighted by molar-refractivity contribution is -0.141. The first kappa shape index (κ1) is 17.0. The Kier molecular flexibility index (Phi) is 4.02. The number of fused-ring (bicyclic) bond motifs is 1. The summed E-state index contributed by atoms with van der Waals surface area (Å²) in [5.74, 6) is 0.650. The molecule has 0 saturated heterocycles. The van der Waals surface area contributed by atoms with E-state index in [9.17, 15) is 13.2 Å². The summed E-state index contributed by atoms with van der Waals surface area (Å²) in [5, 5.41) is 0.